The van der Waals surface area contributed by atoms with Crippen LogP contribution in [0.3, 0.4) is 0 Å². The Morgan fingerprint density at radius 2 is 2.35 bits per heavy atom. The normalized spacial score (nSPS) is 18.9. The Bertz CT molecular complexity index is 491. The van der Waals surface area contributed by atoms with Crippen molar-refractivity contribution in [3.8, 4) is 0 Å². The molecule has 1 atom stereocenters. The highest BCUT2D eigenvalue weighted by Gasteiger charge is 2.23. The lowest BCUT2D eigenvalue weighted by Crippen LogP contribution is -2.45. The minimum atomic E-state index is -1.07. The van der Waals surface area contributed by atoms with Crippen LogP contribution < -0.4 is 5.32 Å². The van der Waals surface area contributed by atoms with Gasteiger partial charge >= 0.3 is 12.0 Å². The van der Waals surface area contributed by atoms with Crippen LogP contribution in [0, 0.1) is 5.92 Å². The molecule has 0 bridgehead atoms. The maximum atomic E-state index is 12.0. The lowest BCUT2D eigenvalue weighted by Gasteiger charge is -2.31. The molecule has 0 saturated carbocycles. The van der Waals surface area contributed by atoms with E-state index in [0.29, 0.717) is 18.1 Å². The van der Waals surface area contributed by atoms with Crippen molar-refractivity contribution >= 4 is 23.3 Å². The average molecular weight is 299 g/mol. The smallest absolute Gasteiger partial charge is 0.355 e. The molecular weight excluding hydrogens is 282 g/mol. The van der Waals surface area contributed by atoms with Gasteiger partial charge in [0, 0.05) is 25.1 Å². The lowest BCUT2D eigenvalue weighted by atomic mass is 9.99. The molecule has 1 aliphatic heterocycles. The van der Waals surface area contributed by atoms with Crippen LogP contribution in [0.25, 0.3) is 0 Å². The van der Waals surface area contributed by atoms with E-state index < -0.39 is 5.97 Å². The van der Waals surface area contributed by atoms with Crippen LogP contribution in [0.1, 0.15) is 28.3 Å². The first-order valence-electron chi connectivity index (χ1n) is 6.41. The molecule has 1 saturated heterocycles. The molecule has 1 aliphatic rings. The number of aliphatic hydroxyl groups is 1. The number of aromatic nitrogens is 1. The number of hydrogen-bond donors (Lipinski definition) is 3. The van der Waals surface area contributed by atoms with E-state index in [1.807, 2.05) is 0 Å². The van der Waals surface area contributed by atoms with Crippen molar-refractivity contribution in [1.29, 1.82) is 0 Å². The third-order valence-electron chi connectivity index (χ3n) is 3.23. The molecule has 0 radical (unpaired) electrons. The van der Waals surface area contributed by atoms with Gasteiger partial charge in [-0.25, -0.2) is 14.6 Å². The number of rotatable bonds is 4. The zero-order valence-electron chi connectivity index (χ0n) is 10.9. The van der Waals surface area contributed by atoms with E-state index in [9.17, 15) is 9.59 Å². The van der Waals surface area contributed by atoms with Crippen LogP contribution in [0.5, 0.6) is 0 Å². The maximum absolute atomic E-state index is 12.0. The van der Waals surface area contributed by atoms with E-state index in [1.165, 1.54) is 16.7 Å². The number of aromatic carboxylic acids is 1. The van der Waals surface area contributed by atoms with E-state index in [4.69, 9.17) is 10.2 Å². The van der Waals surface area contributed by atoms with Crippen molar-refractivity contribution in [3.63, 3.8) is 0 Å². The topological polar surface area (TPSA) is 103 Å². The fourth-order valence-corrected chi connectivity index (χ4v) is 2.86. The van der Waals surface area contributed by atoms with Crippen LogP contribution in [0.15, 0.2) is 5.38 Å². The third kappa shape index (κ3) is 3.67. The first-order valence-corrected chi connectivity index (χ1v) is 7.29. The second-order valence-corrected chi connectivity index (χ2v) is 5.67. The number of piperidine rings is 1. The van der Waals surface area contributed by atoms with Crippen LogP contribution in [0.2, 0.25) is 0 Å². The number of hydrogen-bond acceptors (Lipinski definition) is 5. The van der Waals surface area contributed by atoms with Gasteiger partial charge in [0.2, 0.25) is 0 Å². The summed E-state index contributed by atoms with van der Waals surface area (Å²) < 4.78 is 0. The van der Waals surface area contributed by atoms with E-state index >= 15 is 0 Å². The van der Waals surface area contributed by atoms with E-state index in [0.717, 1.165) is 12.8 Å². The van der Waals surface area contributed by atoms with Gasteiger partial charge in [0.1, 0.15) is 5.01 Å². The molecule has 0 aromatic carbocycles. The summed E-state index contributed by atoms with van der Waals surface area (Å²) in [5, 5.41) is 22.6. The van der Waals surface area contributed by atoms with Crippen LogP contribution in [-0.2, 0) is 6.54 Å². The molecule has 2 rings (SSSR count). The van der Waals surface area contributed by atoms with Crippen molar-refractivity contribution in [3.05, 3.63) is 16.1 Å². The number of carboxylic acids is 1. The van der Waals surface area contributed by atoms with Gasteiger partial charge in [0.15, 0.2) is 5.69 Å². The first kappa shape index (κ1) is 14.7. The number of nitrogens with one attached hydrogen (secondary N) is 1. The molecule has 1 aromatic rings. The molecule has 1 fully saturated rings. The fourth-order valence-electron chi connectivity index (χ4n) is 2.15. The molecule has 2 heterocycles. The van der Waals surface area contributed by atoms with Crippen LogP contribution >= 0.6 is 11.3 Å². The predicted molar refractivity (Wildman–Crippen MR) is 72.7 cm³/mol. The average Bonchev–Trinajstić information content (AvgIpc) is 2.94. The number of likely N-dealkylation sites (tertiary alicyclic amines) is 1. The van der Waals surface area contributed by atoms with Gasteiger partial charge < -0.3 is 20.4 Å². The highest BCUT2D eigenvalue weighted by Crippen LogP contribution is 2.16. The van der Waals surface area contributed by atoms with Gasteiger partial charge in [-0.05, 0) is 18.8 Å². The Morgan fingerprint density at radius 3 is 3.00 bits per heavy atom. The number of carbonyl (C=O) groups excluding carboxylic acids is 1. The van der Waals surface area contributed by atoms with Gasteiger partial charge in [0.25, 0.3) is 0 Å². The van der Waals surface area contributed by atoms with Crippen molar-refractivity contribution < 1.29 is 19.8 Å². The summed E-state index contributed by atoms with van der Waals surface area (Å²) in [4.78, 5) is 28.2. The molecule has 0 spiro atoms. The van der Waals surface area contributed by atoms with E-state index in [2.05, 4.69) is 10.3 Å². The van der Waals surface area contributed by atoms with Gasteiger partial charge in [-0.1, -0.05) is 0 Å². The summed E-state index contributed by atoms with van der Waals surface area (Å²) in [5.41, 5.74) is -0.00225. The third-order valence-corrected chi connectivity index (χ3v) is 4.07. The summed E-state index contributed by atoms with van der Waals surface area (Å²) in [6, 6.07) is -0.199. The summed E-state index contributed by atoms with van der Waals surface area (Å²) in [6.45, 7) is 1.55. The summed E-state index contributed by atoms with van der Waals surface area (Å²) in [6.07, 6.45) is 1.83. The minimum absolute atomic E-state index is 0.00225. The Balaban J connectivity index is 1.83. The summed E-state index contributed by atoms with van der Waals surface area (Å²) in [5.74, 6) is -0.923. The number of nitrogens with zero attached hydrogens (tertiary/aromatic N) is 2. The van der Waals surface area contributed by atoms with Crippen molar-refractivity contribution in [2.75, 3.05) is 19.7 Å². The molecule has 110 valence electrons. The number of aliphatic hydroxyl groups excluding tert-OH is 1. The molecular formula is C12H17N3O4S. The van der Waals surface area contributed by atoms with Gasteiger partial charge in [-0.2, -0.15) is 0 Å². The number of carbonyl (C=O) groups is 2. The van der Waals surface area contributed by atoms with E-state index in [-0.39, 0.29) is 30.8 Å². The second kappa shape index (κ2) is 6.67. The van der Waals surface area contributed by atoms with Crippen molar-refractivity contribution in [2.45, 2.75) is 19.4 Å². The first-order chi connectivity index (χ1) is 9.60. The molecule has 8 heteroatoms. The largest absolute Gasteiger partial charge is 0.476 e. The molecule has 1 unspecified atom stereocenters. The number of amides is 2. The quantitative estimate of drug-likeness (QED) is 0.761. The van der Waals surface area contributed by atoms with Gasteiger partial charge in [0.05, 0.1) is 6.54 Å². The zero-order chi connectivity index (χ0) is 14.5. The molecule has 2 amide bonds. The Hall–Kier alpha value is -1.67. The summed E-state index contributed by atoms with van der Waals surface area (Å²) in [7, 11) is 0. The standard InChI is InChI=1S/C12H17N3O4S/c16-6-8-2-1-3-15(5-8)12(19)13-4-10-14-9(7-20-10)11(17)18/h7-8,16H,1-6H2,(H,13,19)(H,17,18). The van der Waals surface area contributed by atoms with Crippen molar-refractivity contribution in [1.82, 2.24) is 15.2 Å². The number of urea groups is 1. The van der Waals surface area contributed by atoms with Crippen molar-refractivity contribution in [2.24, 2.45) is 5.92 Å². The molecule has 0 aliphatic carbocycles. The molecule has 1 aromatic heterocycles. The Morgan fingerprint density at radius 1 is 1.55 bits per heavy atom. The summed E-state index contributed by atoms with van der Waals surface area (Å²) >= 11 is 1.21. The minimum Gasteiger partial charge on any atom is -0.476 e. The SMILES string of the molecule is O=C(O)c1csc(CNC(=O)N2CCCC(CO)C2)n1. The zero-order valence-corrected chi connectivity index (χ0v) is 11.7. The van der Waals surface area contributed by atoms with E-state index in [1.54, 1.807) is 4.90 Å². The van der Waals surface area contributed by atoms with Crippen LogP contribution in [0.4, 0.5) is 4.79 Å². The van der Waals surface area contributed by atoms with Crippen LogP contribution in [-0.4, -0.2) is 51.8 Å². The Labute approximate surface area is 120 Å². The Kier molecular flexibility index (Phi) is 4.91. The number of carboxylic acid groups (broad SMARTS) is 1. The molecule has 3 N–H and O–H groups in total. The molecule has 7 nitrogen and oxygen atoms in total. The predicted octanol–water partition coefficient (Wildman–Crippen LogP) is 0.755. The highest BCUT2D eigenvalue weighted by molar-refractivity contribution is 7.09. The number of thiazole rings is 1. The molecule has 20 heavy (non-hydrogen) atoms. The van der Waals surface area contributed by atoms with Gasteiger partial charge in [-0.15, -0.1) is 11.3 Å². The van der Waals surface area contributed by atoms with Gasteiger partial charge in [-0.3, -0.25) is 0 Å². The lowest BCUT2D eigenvalue weighted by molar-refractivity contribution is 0.0691. The highest BCUT2D eigenvalue weighted by atomic mass is 32.1. The fraction of sp³-hybridized carbons (Fsp3) is 0.583. The monoisotopic (exact) mass is 299 g/mol. The maximum Gasteiger partial charge on any atom is 0.355 e. The second-order valence-electron chi connectivity index (χ2n) is 4.73.